The van der Waals surface area contributed by atoms with Gasteiger partial charge in [0.1, 0.15) is 5.82 Å². The summed E-state index contributed by atoms with van der Waals surface area (Å²) >= 11 is 0. The molecule has 2 amide bonds. The Morgan fingerprint density at radius 2 is 1.83 bits per heavy atom. The molecule has 1 aromatic heterocycles. The van der Waals surface area contributed by atoms with E-state index < -0.39 is 6.03 Å². The third kappa shape index (κ3) is 4.11. The molecule has 0 atom stereocenters. The van der Waals surface area contributed by atoms with Crippen LogP contribution in [0.2, 0.25) is 0 Å². The lowest BCUT2D eigenvalue weighted by Gasteiger charge is -2.34. The number of urea groups is 1. The Balaban J connectivity index is 1.65. The predicted octanol–water partition coefficient (Wildman–Crippen LogP) is 1.46. The zero-order valence-corrected chi connectivity index (χ0v) is 13.6. The van der Waals surface area contributed by atoms with Crippen molar-refractivity contribution in [3.8, 4) is 0 Å². The van der Waals surface area contributed by atoms with E-state index in [0.29, 0.717) is 11.8 Å². The van der Waals surface area contributed by atoms with Crippen molar-refractivity contribution in [1.29, 1.82) is 0 Å². The van der Waals surface area contributed by atoms with E-state index in [1.807, 2.05) is 12.1 Å². The molecule has 8 heteroatoms. The summed E-state index contributed by atoms with van der Waals surface area (Å²) in [6, 6.07) is 9.07. The third-order valence-electron chi connectivity index (χ3n) is 3.90. The molecule has 8 nitrogen and oxygen atoms in total. The zero-order chi connectivity index (χ0) is 16.9. The lowest BCUT2D eigenvalue weighted by Crippen LogP contribution is -2.44. The average Bonchev–Trinajstić information content (AvgIpc) is 2.56. The predicted molar refractivity (Wildman–Crippen MR) is 94.7 cm³/mol. The van der Waals surface area contributed by atoms with Crippen molar-refractivity contribution in [2.45, 2.75) is 0 Å². The fourth-order valence-corrected chi connectivity index (χ4v) is 2.56. The summed E-state index contributed by atoms with van der Waals surface area (Å²) in [6.07, 6.45) is 1.55. The molecule has 1 aliphatic heterocycles. The molecule has 0 saturated carbocycles. The fraction of sp³-hybridized carbons (Fsp3) is 0.312. The van der Waals surface area contributed by atoms with Crippen LogP contribution in [0.4, 0.5) is 27.9 Å². The smallest absolute Gasteiger partial charge is 0.317 e. The molecule has 2 aromatic rings. The van der Waals surface area contributed by atoms with Gasteiger partial charge in [0.15, 0.2) is 0 Å². The van der Waals surface area contributed by atoms with E-state index in [-0.39, 0.29) is 0 Å². The summed E-state index contributed by atoms with van der Waals surface area (Å²) in [5.41, 5.74) is 7.17. The fourth-order valence-electron chi connectivity index (χ4n) is 2.56. The van der Waals surface area contributed by atoms with E-state index in [1.165, 1.54) is 5.69 Å². The number of nitrogens with one attached hydrogen (secondary N) is 2. The van der Waals surface area contributed by atoms with Gasteiger partial charge in [0.05, 0.1) is 0 Å². The Bertz CT molecular complexity index is 696. The first kappa shape index (κ1) is 16.0. The Kier molecular flexibility index (Phi) is 4.76. The average molecular weight is 327 g/mol. The van der Waals surface area contributed by atoms with Gasteiger partial charge in [-0.25, -0.2) is 9.78 Å². The maximum absolute atomic E-state index is 10.9. The van der Waals surface area contributed by atoms with Gasteiger partial charge in [-0.05, 0) is 37.4 Å². The summed E-state index contributed by atoms with van der Waals surface area (Å²) in [4.78, 5) is 23.9. The normalized spacial score (nSPS) is 15.1. The molecule has 2 heterocycles. The molecule has 24 heavy (non-hydrogen) atoms. The number of nitrogens with two attached hydrogens (primary N) is 1. The highest BCUT2D eigenvalue weighted by atomic mass is 16.2. The summed E-state index contributed by atoms with van der Waals surface area (Å²) in [5.74, 6) is 0.752. The summed E-state index contributed by atoms with van der Waals surface area (Å²) in [7, 11) is 2.14. The van der Waals surface area contributed by atoms with Crippen molar-refractivity contribution in [3.63, 3.8) is 0 Å². The number of amides is 2. The van der Waals surface area contributed by atoms with Crippen LogP contribution in [-0.2, 0) is 0 Å². The quantitative estimate of drug-likeness (QED) is 0.786. The molecular formula is C16H21N7O. The number of benzene rings is 1. The summed E-state index contributed by atoms with van der Waals surface area (Å²) < 4.78 is 0. The van der Waals surface area contributed by atoms with Gasteiger partial charge < -0.3 is 20.9 Å². The minimum atomic E-state index is -0.656. The van der Waals surface area contributed by atoms with E-state index in [2.05, 4.69) is 49.6 Å². The third-order valence-corrected chi connectivity index (χ3v) is 3.90. The SMILES string of the molecule is CN1CCN(c2ccc(Nc3nccc(NC(N)=O)n3)cc2)CC1. The molecule has 4 N–H and O–H groups in total. The number of anilines is 4. The number of hydrogen-bond donors (Lipinski definition) is 3. The van der Waals surface area contributed by atoms with Crippen LogP contribution in [0.3, 0.4) is 0 Å². The minimum Gasteiger partial charge on any atom is -0.369 e. The van der Waals surface area contributed by atoms with Crippen molar-refractivity contribution in [2.75, 3.05) is 48.8 Å². The van der Waals surface area contributed by atoms with E-state index in [1.54, 1.807) is 12.3 Å². The second-order valence-corrected chi connectivity index (χ2v) is 5.72. The standard InChI is InChI=1S/C16H21N7O/c1-22-8-10-23(11-9-22)13-4-2-12(3-5-13)19-16-18-7-6-14(21-16)20-15(17)24/h2-7H,8-11H2,1H3,(H4,17,18,19,20,21,24). The van der Waals surface area contributed by atoms with Crippen molar-refractivity contribution < 1.29 is 4.79 Å². The first-order valence-electron chi connectivity index (χ1n) is 7.80. The topological polar surface area (TPSA) is 99.4 Å². The van der Waals surface area contributed by atoms with Gasteiger partial charge >= 0.3 is 6.03 Å². The van der Waals surface area contributed by atoms with Crippen LogP contribution < -0.4 is 21.3 Å². The molecule has 1 aliphatic rings. The van der Waals surface area contributed by atoms with Gasteiger partial charge in [-0.2, -0.15) is 4.98 Å². The second-order valence-electron chi connectivity index (χ2n) is 5.72. The molecule has 1 fully saturated rings. The number of nitrogens with zero attached hydrogens (tertiary/aromatic N) is 4. The highest BCUT2D eigenvalue weighted by molar-refractivity contribution is 5.86. The Labute approximate surface area is 140 Å². The van der Waals surface area contributed by atoms with E-state index in [0.717, 1.165) is 31.9 Å². The van der Waals surface area contributed by atoms with Crippen molar-refractivity contribution >= 4 is 29.2 Å². The van der Waals surface area contributed by atoms with Crippen LogP contribution >= 0.6 is 0 Å². The maximum atomic E-state index is 10.9. The number of carbonyl (C=O) groups excluding carboxylic acids is 1. The molecule has 0 aliphatic carbocycles. The van der Waals surface area contributed by atoms with Crippen LogP contribution in [0.1, 0.15) is 0 Å². The van der Waals surface area contributed by atoms with Gasteiger partial charge in [0, 0.05) is 43.8 Å². The number of likely N-dealkylation sites (N-methyl/N-ethyl adjacent to an activating group) is 1. The van der Waals surface area contributed by atoms with Gasteiger partial charge in [0.25, 0.3) is 0 Å². The van der Waals surface area contributed by atoms with Gasteiger partial charge in [-0.1, -0.05) is 0 Å². The molecule has 126 valence electrons. The Hall–Kier alpha value is -2.87. The highest BCUT2D eigenvalue weighted by Crippen LogP contribution is 2.21. The van der Waals surface area contributed by atoms with Gasteiger partial charge in [-0.3, -0.25) is 5.32 Å². The number of primary amides is 1. The maximum Gasteiger partial charge on any atom is 0.317 e. The number of rotatable bonds is 4. The van der Waals surface area contributed by atoms with E-state index >= 15 is 0 Å². The molecule has 0 unspecified atom stereocenters. The van der Waals surface area contributed by atoms with Crippen molar-refractivity contribution in [3.05, 3.63) is 36.5 Å². The van der Waals surface area contributed by atoms with Crippen LogP contribution in [0.25, 0.3) is 0 Å². The lowest BCUT2D eigenvalue weighted by molar-refractivity contribution is 0.259. The molecule has 1 aromatic carbocycles. The molecular weight excluding hydrogens is 306 g/mol. The second kappa shape index (κ2) is 7.14. The van der Waals surface area contributed by atoms with E-state index in [4.69, 9.17) is 5.73 Å². The van der Waals surface area contributed by atoms with Crippen LogP contribution in [-0.4, -0.2) is 54.1 Å². The van der Waals surface area contributed by atoms with Gasteiger partial charge in [0.2, 0.25) is 5.95 Å². The Morgan fingerprint density at radius 3 is 2.50 bits per heavy atom. The first-order chi connectivity index (χ1) is 11.6. The number of hydrogen-bond acceptors (Lipinski definition) is 6. The molecule has 0 radical (unpaired) electrons. The van der Waals surface area contributed by atoms with Crippen LogP contribution in [0.15, 0.2) is 36.5 Å². The van der Waals surface area contributed by atoms with E-state index in [9.17, 15) is 4.79 Å². The van der Waals surface area contributed by atoms with Gasteiger partial charge in [-0.15, -0.1) is 0 Å². The highest BCUT2D eigenvalue weighted by Gasteiger charge is 2.14. The Morgan fingerprint density at radius 1 is 1.12 bits per heavy atom. The first-order valence-corrected chi connectivity index (χ1v) is 7.80. The molecule has 1 saturated heterocycles. The number of aromatic nitrogens is 2. The summed E-state index contributed by atoms with van der Waals surface area (Å²) in [6.45, 7) is 4.22. The molecule has 3 rings (SSSR count). The van der Waals surface area contributed by atoms with Crippen molar-refractivity contribution in [1.82, 2.24) is 14.9 Å². The van der Waals surface area contributed by atoms with Crippen molar-refractivity contribution in [2.24, 2.45) is 5.73 Å². The largest absolute Gasteiger partial charge is 0.369 e. The number of carbonyl (C=O) groups is 1. The minimum absolute atomic E-state index is 0.356. The van der Waals surface area contributed by atoms with Crippen LogP contribution in [0.5, 0.6) is 0 Å². The number of piperazine rings is 1. The monoisotopic (exact) mass is 327 g/mol. The zero-order valence-electron chi connectivity index (χ0n) is 13.6. The lowest BCUT2D eigenvalue weighted by atomic mass is 10.2. The molecule has 0 spiro atoms. The summed E-state index contributed by atoms with van der Waals surface area (Å²) in [5, 5.41) is 5.54. The molecule has 0 bridgehead atoms. The van der Waals surface area contributed by atoms with Crippen LogP contribution in [0, 0.1) is 0 Å².